The third-order valence-electron chi connectivity index (χ3n) is 1.18. The van der Waals surface area contributed by atoms with Gasteiger partial charge in [-0.2, -0.15) is 8.78 Å². The maximum atomic E-state index is 12.4. The van der Waals surface area contributed by atoms with Gasteiger partial charge in [-0.05, 0) is 0 Å². The molecule has 0 heterocycles. The van der Waals surface area contributed by atoms with Gasteiger partial charge in [0.25, 0.3) is 5.91 Å². The number of hydrogen-bond donors (Lipinski definition) is 2. The third-order valence-corrected chi connectivity index (χ3v) is 1.18. The number of carbonyl (C=O) groups is 2. The molecule has 0 aliphatic rings. The van der Waals surface area contributed by atoms with Crippen molar-refractivity contribution >= 4 is 11.9 Å². The number of alkyl halides is 2. The highest BCUT2D eigenvalue weighted by molar-refractivity contribution is 5.86. The van der Waals surface area contributed by atoms with Crippen LogP contribution in [0.3, 0.4) is 0 Å². The molecule has 0 bridgehead atoms. The SMILES string of the molecule is CCC(F)(F)C(=O)NCC(=O)O. The Kier molecular flexibility index (Phi) is 3.59. The van der Waals surface area contributed by atoms with Gasteiger partial charge < -0.3 is 10.4 Å². The highest BCUT2D eigenvalue weighted by Crippen LogP contribution is 2.16. The summed E-state index contributed by atoms with van der Waals surface area (Å²) >= 11 is 0. The zero-order chi connectivity index (χ0) is 9.78. The maximum Gasteiger partial charge on any atom is 0.324 e. The molecule has 0 atom stereocenters. The summed E-state index contributed by atoms with van der Waals surface area (Å²) in [5.41, 5.74) is 0. The predicted molar refractivity (Wildman–Crippen MR) is 35.9 cm³/mol. The van der Waals surface area contributed by atoms with Gasteiger partial charge in [0.05, 0.1) is 0 Å². The number of halogens is 2. The lowest BCUT2D eigenvalue weighted by molar-refractivity contribution is -0.148. The van der Waals surface area contributed by atoms with E-state index >= 15 is 0 Å². The molecular weight excluding hydrogens is 172 g/mol. The summed E-state index contributed by atoms with van der Waals surface area (Å²) in [7, 11) is 0. The molecule has 0 saturated heterocycles. The van der Waals surface area contributed by atoms with Crippen LogP contribution in [0.4, 0.5) is 8.78 Å². The molecule has 70 valence electrons. The highest BCUT2D eigenvalue weighted by atomic mass is 19.3. The Morgan fingerprint density at radius 2 is 2.00 bits per heavy atom. The average Bonchev–Trinajstić information content (AvgIpc) is 2.00. The first-order valence-corrected chi connectivity index (χ1v) is 3.28. The van der Waals surface area contributed by atoms with Crippen LogP contribution in [-0.2, 0) is 9.59 Å². The van der Waals surface area contributed by atoms with Crippen LogP contribution in [-0.4, -0.2) is 29.5 Å². The molecule has 12 heavy (non-hydrogen) atoms. The maximum absolute atomic E-state index is 12.4. The van der Waals surface area contributed by atoms with E-state index in [0.29, 0.717) is 0 Å². The van der Waals surface area contributed by atoms with Gasteiger partial charge >= 0.3 is 11.9 Å². The van der Waals surface area contributed by atoms with Crippen molar-refractivity contribution in [1.82, 2.24) is 5.32 Å². The van der Waals surface area contributed by atoms with E-state index in [9.17, 15) is 18.4 Å². The van der Waals surface area contributed by atoms with Crippen LogP contribution in [0, 0.1) is 0 Å². The van der Waals surface area contributed by atoms with Gasteiger partial charge in [-0.3, -0.25) is 9.59 Å². The van der Waals surface area contributed by atoms with E-state index in [2.05, 4.69) is 0 Å². The van der Waals surface area contributed by atoms with Crippen molar-refractivity contribution in [1.29, 1.82) is 0 Å². The van der Waals surface area contributed by atoms with E-state index in [1.807, 2.05) is 0 Å². The lowest BCUT2D eigenvalue weighted by atomic mass is 10.2. The minimum atomic E-state index is -3.48. The topological polar surface area (TPSA) is 66.4 Å². The smallest absolute Gasteiger partial charge is 0.324 e. The minimum Gasteiger partial charge on any atom is -0.480 e. The van der Waals surface area contributed by atoms with E-state index in [1.165, 1.54) is 0 Å². The van der Waals surface area contributed by atoms with Crippen LogP contribution in [0.2, 0.25) is 0 Å². The fraction of sp³-hybridized carbons (Fsp3) is 0.667. The van der Waals surface area contributed by atoms with Gasteiger partial charge in [-0.1, -0.05) is 6.92 Å². The lowest BCUT2D eigenvalue weighted by Crippen LogP contribution is -2.41. The van der Waals surface area contributed by atoms with Crippen molar-refractivity contribution in [2.24, 2.45) is 0 Å². The number of nitrogens with one attached hydrogen (secondary N) is 1. The Bertz CT molecular complexity index is 193. The molecule has 0 aromatic heterocycles. The summed E-state index contributed by atoms with van der Waals surface area (Å²) in [6.07, 6.45) is -0.640. The second-order valence-electron chi connectivity index (χ2n) is 2.13. The highest BCUT2D eigenvalue weighted by Gasteiger charge is 2.36. The molecule has 0 unspecified atom stereocenters. The van der Waals surface area contributed by atoms with Crippen molar-refractivity contribution in [2.45, 2.75) is 19.3 Å². The predicted octanol–water partition coefficient (Wildman–Crippen LogP) is 0.233. The third kappa shape index (κ3) is 3.27. The Labute approximate surface area is 67.6 Å². The number of aliphatic carboxylic acids is 1. The van der Waals surface area contributed by atoms with Gasteiger partial charge in [0, 0.05) is 6.42 Å². The molecule has 0 fully saturated rings. The summed E-state index contributed by atoms with van der Waals surface area (Å²) in [6, 6.07) is 0. The van der Waals surface area contributed by atoms with Gasteiger partial charge in [0.15, 0.2) is 0 Å². The fourth-order valence-electron chi connectivity index (χ4n) is 0.446. The fourth-order valence-corrected chi connectivity index (χ4v) is 0.446. The van der Waals surface area contributed by atoms with E-state index in [-0.39, 0.29) is 0 Å². The number of carboxylic acids is 1. The summed E-state index contributed by atoms with van der Waals surface area (Å²) in [6.45, 7) is 0.356. The van der Waals surface area contributed by atoms with E-state index in [4.69, 9.17) is 5.11 Å². The van der Waals surface area contributed by atoms with E-state index in [1.54, 1.807) is 5.32 Å². The molecule has 0 aromatic rings. The zero-order valence-corrected chi connectivity index (χ0v) is 6.43. The van der Waals surface area contributed by atoms with Crippen molar-refractivity contribution < 1.29 is 23.5 Å². The quantitative estimate of drug-likeness (QED) is 0.652. The number of hydrogen-bond acceptors (Lipinski definition) is 2. The first kappa shape index (κ1) is 10.8. The number of amides is 1. The Morgan fingerprint density at radius 1 is 1.50 bits per heavy atom. The van der Waals surface area contributed by atoms with Crippen molar-refractivity contribution in [3.05, 3.63) is 0 Å². The first-order valence-electron chi connectivity index (χ1n) is 3.28. The van der Waals surface area contributed by atoms with Gasteiger partial charge in [0.1, 0.15) is 6.54 Å². The minimum absolute atomic E-state index is 0.640. The number of rotatable bonds is 4. The Morgan fingerprint density at radius 3 is 2.33 bits per heavy atom. The molecule has 0 aliphatic heterocycles. The van der Waals surface area contributed by atoms with Crippen LogP contribution in [0.1, 0.15) is 13.3 Å². The van der Waals surface area contributed by atoms with Crippen LogP contribution < -0.4 is 5.32 Å². The molecule has 2 N–H and O–H groups in total. The van der Waals surface area contributed by atoms with Gasteiger partial charge in [0.2, 0.25) is 0 Å². The summed E-state index contributed by atoms with van der Waals surface area (Å²) in [5.74, 6) is -6.38. The van der Waals surface area contributed by atoms with Crippen LogP contribution >= 0.6 is 0 Å². The number of carbonyl (C=O) groups excluding carboxylic acids is 1. The molecule has 4 nitrogen and oxygen atoms in total. The first-order chi connectivity index (χ1) is 5.40. The van der Waals surface area contributed by atoms with Crippen LogP contribution in [0.5, 0.6) is 0 Å². The Balaban J connectivity index is 3.96. The molecule has 0 aromatic carbocycles. The van der Waals surface area contributed by atoms with Crippen molar-refractivity contribution in [2.75, 3.05) is 6.54 Å². The summed E-state index contributed by atoms with van der Waals surface area (Å²) < 4.78 is 24.8. The van der Waals surface area contributed by atoms with Gasteiger partial charge in [-0.15, -0.1) is 0 Å². The Hall–Kier alpha value is -1.20. The molecule has 1 amide bonds. The lowest BCUT2D eigenvalue weighted by Gasteiger charge is -2.11. The molecule has 0 rings (SSSR count). The molecule has 0 saturated carbocycles. The van der Waals surface area contributed by atoms with Crippen molar-refractivity contribution in [3.8, 4) is 0 Å². The van der Waals surface area contributed by atoms with Gasteiger partial charge in [-0.25, -0.2) is 0 Å². The number of carboxylic acid groups (broad SMARTS) is 1. The molecule has 0 spiro atoms. The second kappa shape index (κ2) is 3.99. The molecule has 6 heteroatoms. The second-order valence-corrected chi connectivity index (χ2v) is 2.13. The van der Waals surface area contributed by atoms with E-state index in [0.717, 1.165) is 6.92 Å². The average molecular weight is 181 g/mol. The zero-order valence-electron chi connectivity index (χ0n) is 6.43. The van der Waals surface area contributed by atoms with Crippen molar-refractivity contribution in [3.63, 3.8) is 0 Å². The molecule has 0 radical (unpaired) electrons. The molecular formula is C6H9F2NO3. The summed E-state index contributed by atoms with van der Waals surface area (Å²) in [4.78, 5) is 20.3. The summed E-state index contributed by atoms with van der Waals surface area (Å²) in [5, 5.41) is 9.63. The van der Waals surface area contributed by atoms with E-state index < -0.39 is 30.8 Å². The van der Waals surface area contributed by atoms with Crippen LogP contribution in [0.25, 0.3) is 0 Å². The molecule has 0 aliphatic carbocycles. The monoisotopic (exact) mass is 181 g/mol. The largest absolute Gasteiger partial charge is 0.480 e. The van der Waals surface area contributed by atoms with Crippen LogP contribution in [0.15, 0.2) is 0 Å². The standard InChI is InChI=1S/C6H9F2NO3/c1-2-6(7,8)5(12)9-3-4(10)11/h2-3H2,1H3,(H,9,12)(H,10,11). The normalized spacial score (nSPS) is 10.9.